The maximum absolute atomic E-state index is 12.9. The summed E-state index contributed by atoms with van der Waals surface area (Å²) in [4.78, 5) is 12.3. The van der Waals surface area contributed by atoms with Crippen molar-refractivity contribution in [3.8, 4) is 0 Å². The number of sulfonamides is 1. The Hall–Kier alpha value is -2.87. The molecule has 0 spiro atoms. The third-order valence-corrected chi connectivity index (χ3v) is 5.96. The van der Waals surface area contributed by atoms with Crippen molar-refractivity contribution in [3.05, 3.63) is 60.3 Å². The first-order valence-electron chi connectivity index (χ1n) is 9.25. The number of carbonyl (C=O) groups is 1. The molecule has 0 fully saturated rings. The number of amides is 1. The molecule has 29 heavy (non-hydrogen) atoms. The van der Waals surface area contributed by atoms with E-state index in [1.807, 2.05) is 23.8 Å². The zero-order valence-corrected chi connectivity index (χ0v) is 17.4. The van der Waals surface area contributed by atoms with E-state index in [-0.39, 0.29) is 4.90 Å². The highest BCUT2D eigenvalue weighted by Gasteiger charge is 2.21. The predicted octanol–water partition coefficient (Wildman–Crippen LogP) is 3.94. The average Bonchev–Trinajstić information content (AvgIpc) is 3.10. The number of benzene rings is 2. The van der Waals surface area contributed by atoms with E-state index in [2.05, 4.69) is 10.0 Å². The van der Waals surface area contributed by atoms with E-state index < -0.39 is 28.1 Å². The van der Waals surface area contributed by atoms with Crippen molar-refractivity contribution in [1.29, 1.82) is 0 Å². The van der Waals surface area contributed by atoms with Crippen LogP contribution in [0.4, 0.5) is 10.1 Å². The van der Waals surface area contributed by atoms with Gasteiger partial charge in [-0.25, -0.2) is 12.8 Å². The van der Waals surface area contributed by atoms with Crippen LogP contribution in [0.15, 0.2) is 59.6 Å². The first-order valence-corrected chi connectivity index (χ1v) is 10.7. The lowest BCUT2D eigenvalue weighted by atomic mass is 10.1. The number of alkyl halides is 1. The number of nitrogens with one attached hydrogen (secondary N) is 2. The maximum atomic E-state index is 12.9. The molecule has 2 aromatic carbocycles. The molecule has 8 heteroatoms. The van der Waals surface area contributed by atoms with Gasteiger partial charge in [0.05, 0.1) is 10.4 Å². The molecule has 0 radical (unpaired) electrons. The second-order valence-corrected chi connectivity index (χ2v) is 9.16. The fraction of sp³-hybridized carbons (Fsp3) is 0.286. The predicted molar refractivity (Wildman–Crippen MR) is 112 cm³/mol. The number of aromatic nitrogens is 1. The van der Waals surface area contributed by atoms with Crippen molar-refractivity contribution in [1.82, 2.24) is 9.88 Å². The molecule has 0 bridgehead atoms. The van der Waals surface area contributed by atoms with E-state index in [9.17, 15) is 17.6 Å². The number of fused-ring (bicyclic) bond motifs is 1. The van der Waals surface area contributed by atoms with Crippen molar-refractivity contribution in [2.75, 3.05) is 11.4 Å². The first-order chi connectivity index (χ1) is 13.6. The number of carbonyl (C=O) groups excluding carboxylic acids is 1. The van der Waals surface area contributed by atoms with E-state index in [1.165, 1.54) is 24.3 Å². The Bertz CT molecular complexity index is 1140. The fourth-order valence-electron chi connectivity index (χ4n) is 2.94. The lowest BCUT2D eigenvalue weighted by molar-refractivity contribution is 0.0899. The standard InChI is InChI=1S/C21H24FN3O3S/c1-4-25-12-11-16-13-18(9-10-19(16)25)29(27,28)24-17-7-5-15(6-8-17)20(26)23-21(2,3)14-22/h5-13,24H,4,14H2,1-3H3,(H,23,26). The lowest BCUT2D eigenvalue weighted by Gasteiger charge is -2.22. The van der Waals surface area contributed by atoms with Gasteiger partial charge in [-0.2, -0.15) is 0 Å². The SMILES string of the molecule is CCn1ccc2cc(S(=O)(=O)Nc3ccc(C(=O)NC(C)(C)CF)cc3)ccc21. The summed E-state index contributed by atoms with van der Waals surface area (Å²) in [6.45, 7) is 5.30. The van der Waals surface area contributed by atoms with E-state index in [1.54, 1.807) is 32.0 Å². The van der Waals surface area contributed by atoms with Crippen molar-refractivity contribution in [3.63, 3.8) is 0 Å². The van der Waals surface area contributed by atoms with Gasteiger partial charge in [0, 0.05) is 34.9 Å². The average molecular weight is 418 g/mol. The topological polar surface area (TPSA) is 80.2 Å². The Balaban J connectivity index is 1.77. The fourth-order valence-corrected chi connectivity index (χ4v) is 4.03. The van der Waals surface area contributed by atoms with Crippen LogP contribution in [0.5, 0.6) is 0 Å². The number of rotatable bonds is 7. The number of hydrogen-bond acceptors (Lipinski definition) is 3. The summed E-state index contributed by atoms with van der Waals surface area (Å²) in [5.41, 5.74) is 0.652. The molecule has 1 aromatic heterocycles. The molecule has 6 nitrogen and oxygen atoms in total. The molecule has 0 aliphatic rings. The molecule has 0 aliphatic carbocycles. The third kappa shape index (κ3) is 4.59. The number of halogens is 1. The van der Waals surface area contributed by atoms with Crippen LogP contribution in [0, 0.1) is 0 Å². The quantitative estimate of drug-likeness (QED) is 0.611. The van der Waals surface area contributed by atoms with Gasteiger partial charge in [0.15, 0.2) is 0 Å². The van der Waals surface area contributed by atoms with Crippen LogP contribution in [0.2, 0.25) is 0 Å². The molecule has 0 unspecified atom stereocenters. The normalized spacial score (nSPS) is 12.1. The smallest absolute Gasteiger partial charge is 0.261 e. The summed E-state index contributed by atoms with van der Waals surface area (Å²) in [5, 5.41) is 3.43. The summed E-state index contributed by atoms with van der Waals surface area (Å²) in [5.74, 6) is -0.423. The molecule has 0 aliphatic heterocycles. The molecular weight excluding hydrogens is 393 g/mol. The van der Waals surface area contributed by atoms with Crippen LogP contribution in [0.3, 0.4) is 0 Å². The van der Waals surface area contributed by atoms with E-state index in [4.69, 9.17) is 0 Å². The highest BCUT2D eigenvalue weighted by atomic mass is 32.2. The summed E-state index contributed by atoms with van der Waals surface area (Å²) in [6, 6.07) is 12.8. The minimum atomic E-state index is -3.78. The molecule has 0 saturated carbocycles. The van der Waals surface area contributed by atoms with Gasteiger partial charge in [-0.3, -0.25) is 9.52 Å². The Morgan fingerprint density at radius 1 is 1.10 bits per heavy atom. The van der Waals surface area contributed by atoms with Crippen molar-refractivity contribution in [2.24, 2.45) is 0 Å². The summed E-state index contributed by atoms with van der Waals surface area (Å²) in [7, 11) is -3.78. The molecule has 2 N–H and O–H groups in total. The third-order valence-electron chi connectivity index (χ3n) is 4.58. The number of anilines is 1. The van der Waals surface area contributed by atoms with Gasteiger partial charge < -0.3 is 9.88 Å². The van der Waals surface area contributed by atoms with Crippen LogP contribution >= 0.6 is 0 Å². The second kappa shape index (κ2) is 7.87. The molecule has 154 valence electrons. The Kier molecular flexibility index (Phi) is 5.66. The molecule has 0 saturated heterocycles. The zero-order chi connectivity index (χ0) is 21.2. The van der Waals surface area contributed by atoms with E-state index in [0.717, 1.165) is 17.4 Å². The lowest BCUT2D eigenvalue weighted by Crippen LogP contribution is -2.45. The molecule has 1 amide bonds. The van der Waals surface area contributed by atoms with E-state index >= 15 is 0 Å². The summed E-state index contributed by atoms with van der Waals surface area (Å²) in [6.07, 6.45) is 1.92. The number of nitrogens with zero attached hydrogens (tertiary/aromatic N) is 1. The Labute approximate surface area is 169 Å². The molecule has 3 rings (SSSR count). The van der Waals surface area contributed by atoms with E-state index in [0.29, 0.717) is 11.3 Å². The minimum Gasteiger partial charge on any atom is -0.348 e. The van der Waals surface area contributed by atoms with Crippen LogP contribution < -0.4 is 10.0 Å². The van der Waals surface area contributed by atoms with Crippen molar-refractivity contribution in [2.45, 2.75) is 37.8 Å². The molecule has 1 heterocycles. The van der Waals surface area contributed by atoms with Gasteiger partial charge in [-0.15, -0.1) is 0 Å². The Morgan fingerprint density at radius 3 is 2.41 bits per heavy atom. The van der Waals surface area contributed by atoms with Crippen LogP contribution in [0.1, 0.15) is 31.1 Å². The monoisotopic (exact) mass is 417 g/mol. The van der Waals surface area contributed by atoms with Gasteiger partial charge in [0.2, 0.25) is 0 Å². The number of aryl methyl sites for hydroxylation is 1. The van der Waals surface area contributed by atoms with Crippen LogP contribution in [0.25, 0.3) is 10.9 Å². The highest BCUT2D eigenvalue weighted by molar-refractivity contribution is 7.92. The van der Waals surface area contributed by atoms with Crippen molar-refractivity contribution < 1.29 is 17.6 Å². The van der Waals surface area contributed by atoms with Gasteiger partial charge in [-0.1, -0.05) is 0 Å². The molecular formula is C21H24FN3O3S. The maximum Gasteiger partial charge on any atom is 0.261 e. The van der Waals surface area contributed by atoms with Gasteiger partial charge in [0.25, 0.3) is 15.9 Å². The highest BCUT2D eigenvalue weighted by Crippen LogP contribution is 2.23. The largest absolute Gasteiger partial charge is 0.348 e. The van der Waals surface area contributed by atoms with Gasteiger partial charge in [-0.05, 0) is 69.3 Å². The van der Waals surface area contributed by atoms with Crippen molar-refractivity contribution >= 4 is 32.5 Å². The van der Waals surface area contributed by atoms with Crippen LogP contribution in [-0.2, 0) is 16.6 Å². The summed E-state index contributed by atoms with van der Waals surface area (Å²) >= 11 is 0. The zero-order valence-electron chi connectivity index (χ0n) is 16.6. The van der Waals surface area contributed by atoms with Gasteiger partial charge in [0.1, 0.15) is 6.67 Å². The molecule has 0 atom stereocenters. The summed E-state index contributed by atoms with van der Waals surface area (Å²) < 4.78 is 42.9. The molecule has 3 aromatic rings. The Morgan fingerprint density at radius 2 is 1.79 bits per heavy atom. The second-order valence-electron chi connectivity index (χ2n) is 7.48. The minimum absolute atomic E-state index is 0.158. The van der Waals surface area contributed by atoms with Crippen LogP contribution in [-0.4, -0.2) is 31.1 Å². The number of hydrogen-bond donors (Lipinski definition) is 2. The first kappa shape index (κ1) is 20.9. The van der Waals surface area contributed by atoms with Gasteiger partial charge >= 0.3 is 0 Å².